The second kappa shape index (κ2) is 8.80. The number of carbonyl (C=O) groups excluding carboxylic acids is 1. The summed E-state index contributed by atoms with van der Waals surface area (Å²) in [4.78, 5) is 10.4. The molecule has 0 saturated carbocycles. The number of hydrogen-bond donors (Lipinski definition) is 1. The fourth-order valence-electron chi connectivity index (χ4n) is 1.95. The zero-order chi connectivity index (χ0) is 13.3. The van der Waals surface area contributed by atoms with Crippen LogP contribution >= 0.6 is 0 Å². The topological polar surface area (TPSA) is 29.1 Å². The lowest BCUT2D eigenvalue weighted by Gasteiger charge is -2.14. The summed E-state index contributed by atoms with van der Waals surface area (Å²) < 4.78 is 0. The van der Waals surface area contributed by atoms with Crippen LogP contribution in [0.2, 0.25) is 0 Å². The molecular formula is C15H25NO. The van der Waals surface area contributed by atoms with Crippen LogP contribution in [0.25, 0.3) is 0 Å². The third-order valence-electron chi connectivity index (χ3n) is 2.61. The maximum Gasteiger partial charge on any atom is 0.120 e. The number of carbonyl (C=O) groups is 1. The molecular weight excluding hydrogens is 210 g/mol. The van der Waals surface area contributed by atoms with Crippen LogP contribution < -0.4 is 5.32 Å². The van der Waals surface area contributed by atoms with E-state index in [4.69, 9.17) is 0 Å². The van der Waals surface area contributed by atoms with E-state index in [0.717, 1.165) is 19.1 Å². The zero-order valence-electron chi connectivity index (χ0n) is 11.8. The van der Waals surface area contributed by atoms with Crippen LogP contribution in [0.4, 0.5) is 5.69 Å². The molecule has 0 spiro atoms. The second-order valence-corrected chi connectivity index (χ2v) is 3.77. The molecule has 0 aromatic heterocycles. The average molecular weight is 235 g/mol. The lowest BCUT2D eigenvalue weighted by atomic mass is 9.98. The number of aldehydes is 1. The first-order valence-electron chi connectivity index (χ1n) is 6.46. The highest BCUT2D eigenvalue weighted by molar-refractivity contribution is 5.60. The fraction of sp³-hybridized carbons (Fsp3) is 0.533. The number of rotatable bonds is 5. The lowest BCUT2D eigenvalue weighted by molar-refractivity contribution is -0.107. The highest BCUT2D eigenvalue weighted by Gasteiger charge is 2.06. The molecule has 0 unspecified atom stereocenters. The molecule has 1 N–H and O–H groups in total. The van der Waals surface area contributed by atoms with Gasteiger partial charge < -0.3 is 10.1 Å². The van der Waals surface area contributed by atoms with Crippen molar-refractivity contribution in [2.75, 3.05) is 12.4 Å². The van der Waals surface area contributed by atoms with E-state index in [9.17, 15) is 4.79 Å². The molecule has 0 fully saturated rings. The standard InChI is InChI=1S/C13H19NO.C2H6/c1-4-11-8-10(2)9-12(6-5-7-15)13(11)14-3;1-2/h7-9,14H,4-6H2,1-3H3;1-2H3. The molecule has 1 rings (SSSR count). The number of anilines is 1. The highest BCUT2D eigenvalue weighted by Crippen LogP contribution is 2.24. The average Bonchev–Trinajstić information content (AvgIpc) is 2.37. The summed E-state index contributed by atoms with van der Waals surface area (Å²) in [6.07, 6.45) is 3.43. The van der Waals surface area contributed by atoms with Gasteiger partial charge >= 0.3 is 0 Å². The first-order chi connectivity index (χ1) is 8.22. The molecule has 0 atom stereocenters. The van der Waals surface area contributed by atoms with E-state index in [-0.39, 0.29) is 0 Å². The van der Waals surface area contributed by atoms with Crippen LogP contribution in [0.1, 0.15) is 43.9 Å². The van der Waals surface area contributed by atoms with Crippen molar-refractivity contribution in [3.8, 4) is 0 Å². The third kappa shape index (κ3) is 4.59. The number of hydrogen-bond acceptors (Lipinski definition) is 2. The van der Waals surface area contributed by atoms with E-state index in [0.29, 0.717) is 6.42 Å². The summed E-state index contributed by atoms with van der Waals surface area (Å²) in [7, 11) is 1.94. The Balaban J connectivity index is 0.00000121. The van der Waals surface area contributed by atoms with Gasteiger partial charge in [0.25, 0.3) is 0 Å². The second-order valence-electron chi connectivity index (χ2n) is 3.77. The third-order valence-corrected chi connectivity index (χ3v) is 2.61. The summed E-state index contributed by atoms with van der Waals surface area (Å²) in [5.74, 6) is 0. The van der Waals surface area contributed by atoms with Crippen molar-refractivity contribution in [1.82, 2.24) is 0 Å². The van der Waals surface area contributed by atoms with E-state index >= 15 is 0 Å². The van der Waals surface area contributed by atoms with E-state index in [2.05, 4.69) is 31.3 Å². The fourth-order valence-corrected chi connectivity index (χ4v) is 1.95. The Morgan fingerprint density at radius 1 is 1.24 bits per heavy atom. The summed E-state index contributed by atoms with van der Waals surface area (Å²) >= 11 is 0. The van der Waals surface area contributed by atoms with Crippen molar-refractivity contribution >= 4 is 12.0 Å². The molecule has 0 radical (unpaired) electrons. The maximum atomic E-state index is 10.4. The van der Waals surface area contributed by atoms with Gasteiger partial charge in [-0.25, -0.2) is 0 Å². The molecule has 0 heterocycles. The minimum Gasteiger partial charge on any atom is -0.388 e. The molecule has 1 aromatic rings. The van der Waals surface area contributed by atoms with Gasteiger partial charge in [-0.05, 0) is 30.9 Å². The minimum atomic E-state index is 0.598. The molecule has 2 nitrogen and oxygen atoms in total. The Kier molecular flexibility index (Phi) is 8.12. The van der Waals surface area contributed by atoms with Crippen LogP contribution in [-0.4, -0.2) is 13.3 Å². The molecule has 0 saturated heterocycles. The van der Waals surface area contributed by atoms with Gasteiger partial charge in [-0.1, -0.05) is 38.5 Å². The van der Waals surface area contributed by atoms with Gasteiger partial charge in [-0.15, -0.1) is 0 Å². The van der Waals surface area contributed by atoms with Crippen molar-refractivity contribution in [1.29, 1.82) is 0 Å². The van der Waals surface area contributed by atoms with Gasteiger partial charge in [0.05, 0.1) is 0 Å². The summed E-state index contributed by atoms with van der Waals surface area (Å²) in [5, 5.41) is 3.24. The lowest BCUT2D eigenvalue weighted by Crippen LogP contribution is -2.01. The van der Waals surface area contributed by atoms with Gasteiger partial charge in [0, 0.05) is 19.2 Å². The Morgan fingerprint density at radius 3 is 2.29 bits per heavy atom. The Hall–Kier alpha value is -1.31. The molecule has 0 aliphatic heterocycles. The molecule has 0 amide bonds. The molecule has 17 heavy (non-hydrogen) atoms. The largest absolute Gasteiger partial charge is 0.388 e. The highest BCUT2D eigenvalue weighted by atomic mass is 16.1. The smallest absolute Gasteiger partial charge is 0.120 e. The zero-order valence-corrected chi connectivity index (χ0v) is 11.8. The Bertz CT molecular complexity index is 345. The predicted octanol–water partition coefficient (Wildman–Crippen LogP) is 3.76. The van der Waals surface area contributed by atoms with Gasteiger partial charge in [0.15, 0.2) is 0 Å². The molecule has 2 heteroatoms. The normalized spacial score (nSPS) is 9.24. The quantitative estimate of drug-likeness (QED) is 0.787. The van der Waals surface area contributed by atoms with E-state index in [1.54, 1.807) is 0 Å². The number of aryl methyl sites for hydroxylation is 3. The van der Waals surface area contributed by atoms with Crippen LogP contribution in [0.5, 0.6) is 0 Å². The minimum absolute atomic E-state index is 0.598. The molecule has 0 aliphatic carbocycles. The Morgan fingerprint density at radius 2 is 1.82 bits per heavy atom. The summed E-state index contributed by atoms with van der Waals surface area (Å²) in [5.41, 5.74) is 5.05. The van der Waals surface area contributed by atoms with E-state index in [1.165, 1.54) is 22.4 Å². The molecule has 0 bridgehead atoms. The first kappa shape index (κ1) is 15.7. The van der Waals surface area contributed by atoms with E-state index < -0.39 is 0 Å². The summed E-state index contributed by atoms with van der Waals surface area (Å²) in [6, 6.07) is 4.37. The van der Waals surface area contributed by atoms with E-state index in [1.807, 2.05) is 20.9 Å². The summed E-state index contributed by atoms with van der Waals surface area (Å²) in [6.45, 7) is 8.25. The van der Waals surface area contributed by atoms with Crippen molar-refractivity contribution in [3.05, 3.63) is 28.8 Å². The predicted molar refractivity (Wildman–Crippen MR) is 75.8 cm³/mol. The van der Waals surface area contributed by atoms with Gasteiger partial charge in [-0.3, -0.25) is 0 Å². The maximum absolute atomic E-state index is 10.4. The van der Waals surface area contributed by atoms with Gasteiger partial charge in [0.1, 0.15) is 6.29 Å². The molecule has 0 aliphatic rings. The van der Waals surface area contributed by atoms with Crippen molar-refractivity contribution in [2.24, 2.45) is 0 Å². The van der Waals surface area contributed by atoms with Crippen molar-refractivity contribution in [3.63, 3.8) is 0 Å². The van der Waals surface area contributed by atoms with Crippen LogP contribution in [0, 0.1) is 6.92 Å². The van der Waals surface area contributed by atoms with Gasteiger partial charge in [-0.2, -0.15) is 0 Å². The van der Waals surface area contributed by atoms with Crippen LogP contribution in [-0.2, 0) is 17.6 Å². The first-order valence-corrected chi connectivity index (χ1v) is 6.46. The SMILES string of the molecule is CC.CCc1cc(C)cc(CCC=O)c1NC. The van der Waals surface area contributed by atoms with Crippen molar-refractivity contribution < 1.29 is 4.79 Å². The Labute approximate surface area is 105 Å². The number of benzene rings is 1. The monoisotopic (exact) mass is 235 g/mol. The molecule has 1 aromatic carbocycles. The van der Waals surface area contributed by atoms with Gasteiger partial charge in [0.2, 0.25) is 0 Å². The van der Waals surface area contributed by atoms with Crippen LogP contribution in [0.15, 0.2) is 12.1 Å². The van der Waals surface area contributed by atoms with Crippen LogP contribution in [0.3, 0.4) is 0 Å². The van der Waals surface area contributed by atoms with Crippen molar-refractivity contribution in [2.45, 2.75) is 47.0 Å². The number of nitrogens with one attached hydrogen (secondary N) is 1. The molecule has 96 valence electrons.